The van der Waals surface area contributed by atoms with Gasteiger partial charge in [-0.25, -0.2) is 13.2 Å². The molecular weight excluding hydrogens is 386 g/mol. The zero-order valence-corrected chi connectivity index (χ0v) is 17.7. The van der Waals surface area contributed by atoms with Crippen LogP contribution in [-0.4, -0.2) is 38.4 Å². The number of rotatable bonds is 10. The number of hydrogen-bond donors (Lipinski definition) is 0. The number of nitrogens with zero attached hydrogens (tertiary/aromatic N) is 1. The molecule has 5 nitrogen and oxygen atoms in total. The summed E-state index contributed by atoms with van der Waals surface area (Å²) in [5.41, 5.74) is 2.10. The molecule has 0 aliphatic carbocycles. The lowest BCUT2D eigenvalue weighted by atomic mass is 10.00. The average Bonchev–Trinajstić information content (AvgIpc) is 2.73. The van der Waals surface area contributed by atoms with Crippen LogP contribution in [0.15, 0.2) is 84.3 Å². The minimum atomic E-state index is -3.88. The third-order valence-electron chi connectivity index (χ3n) is 4.68. The van der Waals surface area contributed by atoms with Crippen molar-refractivity contribution in [3.05, 3.63) is 90.5 Å². The summed E-state index contributed by atoms with van der Waals surface area (Å²) in [6.45, 7) is 9.48. The van der Waals surface area contributed by atoms with E-state index in [1.807, 2.05) is 37.3 Å². The highest BCUT2D eigenvalue weighted by molar-refractivity contribution is 7.89. The van der Waals surface area contributed by atoms with E-state index in [2.05, 4.69) is 13.2 Å². The van der Waals surface area contributed by atoms with Gasteiger partial charge in [-0.15, -0.1) is 6.58 Å². The molecule has 0 aliphatic rings. The van der Waals surface area contributed by atoms with Crippen LogP contribution in [0.4, 0.5) is 0 Å². The number of esters is 1. The third kappa shape index (κ3) is 5.65. The minimum Gasteiger partial charge on any atom is -0.466 e. The number of aryl methyl sites for hydroxylation is 2. The van der Waals surface area contributed by atoms with Gasteiger partial charge >= 0.3 is 5.97 Å². The summed E-state index contributed by atoms with van der Waals surface area (Å²) >= 11 is 0. The molecule has 2 rings (SSSR count). The van der Waals surface area contributed by atoms with Gasteiger partial charge in [0.15, 0.2) is 0 Å². The Bertz CT molecular complexity index is 950. The molecule has 0 spiro atoms. The van der Waals surface area contributed by atoms with Crippen molar-refractivity contribution in [2.45, 2.75) is 30.7 Å². The van der Waals surface area contributed by atoms with Crippen molar-refractivity contribution < 1.29 is 17.9 Å². The molecule has 0 fully saturated rings. The number of carbonyl (C=O) groups excluding carboxylic acids is 1. The first-order valence-corrected chi connectivity index (χ1v) is 10.8. The zero-order chi connectivity index (χ0) is 21.4. The molecule has 0 saturated heterocycles. The number of hydrogen-bond acceptors (Lipinski definition) is 4. The third-order valence-corrected chi connectivity index (χ3v) is 6.57. The van der Waals surface area contributed by atoms with Crippen LogP contribution in [0.3, 0.4) is 0 Å². The molecule has 1 atom stereocenters. The van der Waals surface area contributed by atoms with Crippen LogP contribution < -0.4 is 0 Å². The number of benzene rings is 2. The van der Waals surface area contributed by atoms with Gasteiger partial charge in [-0.2, -0.15) is 4.31 Å². The Morgan fingerprint density at radius 2 is 1.76 bits per heavy atom. The normalized spacial score (nSPS) is 12.4. The van der Waals surface area contributed by atoms with E-state index in [0.717, 1.165) is 11.1 Å². The fourth-order valence-corrected chi connectivity index (χ4v) is 4.69. The molecule has 0 bridgehead atoms. The van der Waals surface area contributed by atoms with Gasteiger partial charge in [-0.1, -0.05) is 60.7 Å². The van der Waals surface area contributed by atoms with Crippen LogP contribution >= 0.6 is 0 Å². The summed E-state index contributed by atoms with van der Waals surface area (Å²) in [4.78, 5) is 12.4. The molecule has 29 heavy (non-hydrogen) atoms. The van der Waals surface area contributed by atoms with Crippen LogP contribution in [0.25, 0.3) is 0 Å². The van der Waals surface area contributed by atoms with Crippen molar-refractivity contribution in [3.8, 4) is 0 Å². The fraction of sp³-hybridized carbons (Fsp3) is 0.261. The second-order valence-electron chi connectivity index (χ2n) is 6.73. The van der Waals surface area contributed by atoms with E-state index in [9.17, 15) is 13.2 Å². The van der Waals surface area contributed by atoms with Crippen LogP contribution in [0, 0.1) is 6.92 Å². The molecule has 0 unspecified atom stereocenters. The van der Waals surface area contributed by atoms with E-state index < -0.39 is 22.0 Å². The zero-order valence-electron chi connectivity index (χ0n) is 16.9. The monoisotopic (exact) mass is 413 g/mol. The summed E-state index contributed by atoms with van der Waals surface area (Å²) in [6.07, 6.45) is 2.47. The Morgan fingerprint density at radius 1 is 1.14 bits per heavy atom. The molecule has 0 N–H and O–H groups in total. The summed E-state index contributed by atoms with van der Waals surface area (Å²) in [6, 6.07) is 15.5. The molecule has 0 saturated carbocycles. The predicted octanol–water partition coefficient (Wildman–Crippen LogP) is 3.90. The Hall–Kier alpha value is -2.70. The van der Waals surface area contributed by atoms with E-state index in [-0.39, 0.29) is 17.0 Å². The quantitative estimate of drug-likeness (QED) is 0.337. The highest BCUT2D eigenvalue weighted by atomic mass is 32.2. The summed E-state index contributed by atoms with van der Waals surface area (Å²) in [5.74, 6) is -0.628. The Labute approximate surface area is 173 Å². The molecule has 0 aliphatic heterocycles. The van der Waals surface area contributed by atoms with E-state index in [1.54, 1.807) is 24.3 Å². The smallest absolute Gasteiger partial charge is 0.334 e. The number of sulfonamides is 1. The highest BCUT2D eigenvalue weighted by Gasteiger charge is 2.34. The average molecular weight is 414 g/mol. The van der Waals surface area contributed by atoms with Gasteiger partial charge in [0.1, 0.15) is 0 Å². The van der Waals surface area contributed by atoms with Crippen LogP contribution in [0.1, 0.15) is 17.5 Å². The molecule has 2 aromatic rings. The molecule has 0 aromatic heterocycles. The summed E-state index contributed by atoms with van der Waals surface area (Å²) < 4.78 is 32.9. The van der Waals surface area contributed by atoms with E-state index in [0.29, 0.717) is 12.8 Å². The topological polar surface area (TPSA) is 63.7 Å². The van der Waals surface area contributed by atoms with Crippen LogP contribution in [0.2, 0.25) is 0 Å². The molecule has 0 amide bonds. The molecule has 154 valence electrons. The number of methoxy groups -OCH3 is 1. The fourth-order valence-electron chi connectivity index (χ4n) is 3.07. The van der Waals surface area contributed by atoms with Gasteiger partial charge in [0, 0.05) is 12.1 Å². The molecule has 6 heteroatoms. The molecular formula is C23H27NO4S. The van der Waals surface area contributed by atoms with E-state index >= 15 is 0 Å². The number of carbonyl (C=O) groups is 1. The van der Waals surface area contributed by atoms with Crippen molar-refractivity contribution in [1.82, 2.24) is 4.31 Å². The molecule has 2 aromatic carbocycles. The predicted molar refractivity (Wildman–Crippen MR) is 115 cm³/mol. The van der Waals surface area contributed by atoms with E-state index in [4.69, 9.17) is 4.74 Å². The Morgan fingerprint density at radius 3 is 2.31 bits per heavy atom. The first-order chi connectivity index (χ1) is 13.8. The van der Waals surface area contributed by atoms with Gasteiger partial charge in [0.05, 0.1) is 18.0 Å². The number of ether oxygens (including phenoxy) is 1. The van der Waals surface area contributed by atoms with Gasteiger partial charge in [-0.3, -0.25) is 0 Å². The lowest BCUT2D eigenvalue weighted by Crippen LogP contribution is -2.43. The second-order valence-corrected chi connectivity index (χ2v) is 8.62. The maximum Gasteiger partial charge on any atom is 0.334 e. The maximum atomic E-state index is 13.4. The minimum absolute atomic E-state index is 0.0473. The van der Waals surface area contributed by atoms with Crippen LogP contribution in [-0.2, 0) is 26.0 Å². The first-order valence-electron chi connectivity index (χ1n) is 9.31. The Kier molecular flexibility index (Phi) is 7.93. The van der Waals surface area contributed by atoms with Gasteiger partial charge in [-0.05, 0) is 37.5 Å². The van der Waals surface area contributed by atoms with Crippen molar-refractivity contribution >= 4 is 16.0 Å². The van der Waals surface area contributed by atoms with Crippen molar-refractivity contribution in [2.75, 3.05) is 13.7 Å². The standard InChI is InChI=1S/C23H27NO4S/c1-5-17-24(29(26,27)21-14-11-18(2)12-15-21)22(19(3)23(25)28-4)16-13-20-9-7-6-8-10-20/h5-12,14-15,22H,1,3,13,16-17H2,2,4H3/t22-/m1/s1. The first kappa shape index (κ1) is 22.6. The van der Waals surface area contributed by atoms with Gasteiger partial charge < -0.3 is 4.74 Å². The largest absolute Gasteiger partial charge is 0.466 e. The molecule has 0 radical (unpaired) electrons. The van der Waals surface area contributed by atoms with Crippen LogP contribution in [0.5, 0.6) is 0 Å². The second kappa shape index (κ2) is 10.2. The Balaban J connectivity index is 2.43. The molecule has 0 heterocycles. The summed E-state index contributed by atoms with van der Waals surface area (Å²) in [7, 11) is -2.62. The van der Waals surface area contributed by atoms with Gasteiger partial charge in [0.25, 0.3) is 0 Å². The van der Waals surface area contributed by atoms with Crippen molar-refractivity contribution in [2.24, 2.45) is 0 Å². The lowest BCUT2D eigenvalue weighted by molar-refractivity contribution is -0.136. The van der Waals surface area contributed by atoms with Crippen molar-refractivity contribution in [1.29, 1.82) is 0 Å². The van der Waals surface area contributed by atoms with E-state index in [1.165, 1.54) is 17.5 Å². The highest BCUT2D eigenvalue weighted by Crippen LogP contribution is 2.25. The summed E-state index contributed by atoms with van der Waals surface area (Å²) in [5, 5.41) is 0. The van der Waals surface area contributed by atoms with Crippen molar-refractivity contribution in [3.63, 3.8) is 0 Å². The lowest BCUT2D eigenvalue weighted by Gasteiger charge is -2.31. The SMILES string of the molecule is C=CCN([C@H](CCc1ccccc1)C(=C)C(=O)OC)S(=O)(=O)c1ccc(C)cc1. The van der Waals surface area contributed by atoms with Gasteiger partial charge in [0.2, 0.25) is 10.0 Å². The maximum absolute atomic E-state index is 13.4.